The molecule has 0 bridgehead atoms. The van der Waals surface area contributed by atoms with E-state index in [1.807, 2.05) is 16.7 Å². The molecular formula is C54H70N12O14. The summed E-state index contributed by atoms with van der Waals surface area (Å²) in [7, 11) is 5.65. The Morgan fingerprint density at radius 2 is 0.787 bits per heavy atom. The normalized spacial score (nSPS) is 11.2. The summed E-state index contributed by atoms with van der Waals surface area (Å²) in [4.78, 5) is 132. The molecule has 0 aliphatic carbocycles. The number of nitrogens with one attached hydrogen (secondary N) is 6. The zero-order chi connectivity index (χ0) is 58.6. The summed E-state index contributed by atoms with van der Waals surface area (Å²) in [5.74, 6) is -6.92. The molecule has 6 amide bonds. The fourth-order valence-electron chi connectivity index (χ4n) is 8.39. The Morgan fingerprint density at radius 1 is 0.463 bits per heavy atom. The maximum absolute atomic E-state index is 13.3. The highest BCUT2D eigenvalue weighted by Crippen LogP contribution is 2.18. The Morgan fingerprint density at radius 3 is 1.11 bits per heavy atom. The predicted octanol–water partition coefficient (Wildman–Crippen LogP) is -0.578. The first-order chi connectivity index (χ1) is 38.1. The van der Waals surface area contributed by atoms with Crippen molar-refractivity contribution in [2.75, 3.05) is 77.3 Å². The summed E-state index contributed by atoms with van der Waals surface area (Å²) in [5, 5.41) is 58.5. The molecule has 26 heteroatoms. The van der Waals surface area contributed by atoms with Crippen molar-refractivity contribution in [3.8, 4) is 23.0 Å². The Bertz CT molecular complexity index is 2940. The number of hydrogen-bond acceptors (Lipinski definition) is 16. The van der Waals surface area contributed by atoms with E-state index in [1.54, 1.807) is 24.3 Å². The van der Waals surface area contributed by atoms with Gasteiger partial charge in [0.2, 0.25) is 11.8 Å². The van der Waals surface area contributed by atoms with Crippen LogP contribution in [0.25, 0.3) is 0 Å². The van der Waals surface area contributed by atoms with Crippen LogP contribution in [0.1, 0.15) is 79.6 Å². The van der Waals surface area contributed by atoms with E-state index in [-0.39, 0.29) is 118 Å². The molecule has 5 rings (SSSR count). The Labute approximate surface area is 459 Å². The molecule has 0 atom stereocenters. The van der Waals surface area contributed by atoms with Gasteiger partial charge in [0, 0.05) is 143 Å². The van der Waals surface area contributed by atoms with Gasteiger partial charge in [-0.15, -0.1) is 0 Å². The first-order valence-electron chi connectivity index (χ1n) is 25.9. The number of amides is 6. The van der Waals surface area contributed by atoms with Gasteiger partial charge in [0.1, 0.15) is 0 Å². The van der Waals surface area contributed by atoms with Gasteiger partial charge < -0.3 is 70.6 Å². The molecule has 0 unspecified atom stereocenters. The lowest BCUT2D eigenvalue weighted by Crippen LogP contribution is -2.46. The molecule has 26 nitrogen and oxygen atoms in total. The second-order valence-electron chi connectivity index (χ2n) is 19.1. The molecule has 0 spiro atoms. The number of anilines is 1. The number of carbonyl (C=O) groups excluding carboxylic acids is 6. The van der Waals surface area contributed by atoms with Crippen molar-refractivity contribution < 1.29 is 49.2 Å². The van der Waals surface area contributed by atoms with Crippen LogP contribution in [0.4, 0.5) is 5.69 Å². The monoisotopic (exact) mass is 1110 g/mol. The molecule has 10 N–H and O–H groups in total. The van der Waals surface area contributed by atoms with Crippen LogP contribution in [0.3, 0.4) is 0 Å². The molecular weight excluding hydrogens is 1040 g/mol. The second kappa shape index (κ2) is 29.6. The Hall–Kier alpha value is -9.04. The van der Waals surface area contributed by atoms with Gasteiger partial charge in [0.15, 0.2) is 23.0 Å². The van der Waals surface area contributed by atoms with E-state index in [0.29, 0.717) is 18.7 Å². The van der Waals surface area contributed by atoms with Crippen molar-refractivity contribution in [2.24, 2.45) is 34.1 Å². The van der Waals surface area contributed by atoms with Crippen LogP contribution in [0, 0.1) is 5.92 Å². The van der Waals surface area contributed by atoms with Crippen molar-refractivity contribution in [3.63, 3.8) is 0 Å². The lowest BCUT2D eigenvalue weighted by Gasteiger charge is -2.32. The Kier molecular flexibility index (Phi) is 22.9. The molecule has 1 aromatic carbocycles. The number of hydrogen-bond donors (Lipinski definition) is 10. The van der Waals surface area contributed by atoms with Crippen molar-refractivity contribution in [3.05, 3.63) is 143 Å². The number of unbranched alkanes of at least 4 members (excludes halogenated alkanes) is 1. The second-order valence-corrected chi connectivity index (χ2v) is 19.1. The van der Waals surface area contributed by atoms with E-state index < -0.39 is 68.9 Å². The molecule has 0 aliphatic rings. The van der Waals surface area contributed by atoms with Gasteiger partial charge in [-0.05, 0) is 60.7 Å². The summed E-state index contributed by atoms with van der Waals surface area (Å²) in [6.45, 7) is 3.29. The number of carbonyl (C=O) groups is 6. The van der Waals surface area contributed by atoms with E-state index in [4.69, 9.17) is 0 Å². The van der Waals surface area contributed by atoms with Gasteiger partial charge in [0.05, 0.1) is 22.3 Å². The highest BCUT2D eigenvalue weighted by atomic mass is 16.3. The molecule has 80 heavy (non-hydrogen) atoms. The summed E-state index contributed by atoms with van der Waals surface area (Å²) >= 11 is 0. The van der Waals surface area contributed by atoms with Gasteiger partial charge >= 0.3 is 0 Å². The van der Waals surface area contributed by atoms with Crippen LogP contribution >= 0.6 is 0 Å². The first-order valence-corrected chi connectivity index (χ1v) is 25.9. The zero-order valence-corrected chi connectivity index (χ0v) is 45.4. The number of aromatic nitrogens is 4. The van der Waals surface area contributed by atoms with Gasteiger partial charge in [-0.3, -0.25) is 57.7 Å². The van der Waals surface area contributed by atoms with Gasteiger partial charge in [-0.1, -0.05) is 25.5 Å². The number of pyridine rings is 4. The third kappa shape index (κ3) is 17.5. The minimum Gasteiger partial charge on any atom is -0.502 e. The molecule has 0 saturated heterocycles. The van der Waals surface area contributed by atoms with E-state index >= 15 is 0 Å². The number of aryl methyl sites for hydroxylation is 4. The fourth-order valence-corrected chi connectivity index (χ4v) is 8.39. The average molecular weight is 1110 g/mol. The van der Waals surface area contributed by atoms with Gasteiger partial charge in [-0.25, -0.2) is 0 Å². The quantitative estimate of drug-likeness (QED) is 0.0268. The van der Waals surface area contributed by atoms with E-state index in [0.717, 1.165) is 36.7 Å². The van der Waals surface area contributed by atoms with Crippen LogP contribution in [-0.2, 0) is 44.2 Å². The minimum absolute atomic E-state index is 0.00958. The molecule has 4 heterocycles. The third-order valence-electron chi connectivity index (χ3n) is 13.0. The number of rotatable bonds is 29. The lowest BCUT2D eigenvalue weighted by atomic mass is 9.97. The van der Waals surface area contributed by atoms with Gasteiger partial charge in [0.25, 0.3) is 45.9 Å². The third-order valence-corrected chi connectivity index (χ3v) is 13.0. The average Bonchev–Trinajstić information content (AvgIpc) is 3.43. The lowest BCUT2D eigenvalue weighted by molar-refractivity contribution is -0.124. The fraction of sp³-hybridized carbons (Fsp3) is 0.407. The maximum atomic E-state index is 13.3. The summed E-state index contributed by atoms with van der Waals surface area (Å²) in [6.07, 6.45) is 7.36. The molecule has 5 aromatic rings. The van der Waals surface area contributed by atoms with Crippen LogP contribution in [0.15, 0.2) is 92.5 Å². The van der Waals surface area contributed by atoms with E-state index in [9.17, 15) is 68.4 Å². The highest BCUT2D eigenvalue weighted by Gasteiger charge is 2.24. The number of aromatic hydroxyl groups is 4. The van der Waals surface area contributed by atoms with Gasteiger partial charge in [-0.2, -0.15) is 0 Å². The smallest absolute Gasteiger partial charge is 0.293 e. The molecule has 0 saturated carbocycles. The highest BCUT2D eigenvalue weighted by molar-refractivity contribution is 5.98. The Balaban J connectivity index is 1.44. The summed E-state index contributed by atoms with van der Waals surface area (Å²) in [5.41, 5.74) is -2.89. The zero-order valence-electron chi connectivity index (χ0n) is 45.4. The molecule has 0 radical (unpaired) electrons. The largest absolute Gasteiger partial charge is 0.502 e. The van der Waals surface area contributed by atoms with Crippen LogP contribution in [0.2, 0.25) is 0 Å². The van der Waals surface area contributed by atoms with Crippen molar-refractivity contribution in [2.45, 2.75) is 39.0 Å². The van der Waals surface area contributed by atoms with E-state index in [2.05, 4.69) is 31.9 Å². The molecule has 4 aromatic heterocycles. The SMILES string of the molecule is CCCCNC(=O)CCC(=O)Nc1ccc(CC(CN(CCNC(=O)c2ccn(C)c(=O)c2O)CCNC(=O)c2ccn(C)c(=O)c2O)CN(CCNC(=O)c2ccn(C)c(=O)c2O)CCNC(=O)c2ccn(C)c(=O)c2O)cc1. The molecule has 430 valence electrons. The standard InChI is InChI=1S/C54H70N12O14/c1-6-7-18-55-41(67)12-13-42(68)60-36-10-8-34(9-11-36)31-35(32-65(27-19-56-47(73)37-14-23-61(2)51(77)43(37)69)28-20-57-48(74)38-15-24-62(3)52(78)44(38)70)33-66(29-21-58-49(75)39-16-25-63(4)53(79)45(39)71)30-22-59-50(76)40-17-26-64(5)54(80)46(40)72/h8-11,14-17,23-26,35,69-72H,6-7,12-13,18-22,27-33H2,1-5H3,(H,55,67)(H,56,73)(H,57,74)(H,58,75)(H,59,76)(H,60,68). The maximum Gasteiger partial charge on any atom is 0.293 e. The molecule has 0 aliphatic heterocycles. The van der Waals surface area contributed by atoms with Crippen molar-refractivity contribution >= 4 is 41.1 Å². The first kappa shape index (κ1) is 61.8. The minimum atomic E-state index is -0.783. The number of nitrogens with zero attached hydrogens (tertiary/aromatic N) is 6. The van der Waals surface area contributed by atoms with E-state index in [1.165, 1.54) is 77.2 Å². The topological polar surface area (TPSA) is 350 Å². The van der Waals surface area contributed by atoms with Crippen LogP contribution in [0.5, 0.6) is 23.0 Å². The summed E-state index contributed by atoms with van der Waals surface area (Å²) < 4.78 is 4.43. The van der Waals surface area contributed by atoms with Crippen LogP contribution in [-0.4, -0.2) is 156 Å². The van der Waals surface area contributed by atoms with Crippen molar-refractivity contribution in [1.29, 1.82) is 0 Å². The summed E-state index contributed by atoms with van der Waals surface area (Å²) in [6, 6.07) is 12.2. The molecule has 0 fully saturated rings. The van der Waals surface area contributed by atoms with Crippen molar-refractivity contribution in [1.82, 2.24) is 54.7 Å². The van der Waals surface area contributed by atoms with Crippen LogP contribution < -0.4 is 54.1 Å². The predicted molar refractivity (Wildman–Crippen MR) is 295 cm³/mol. The number of benzene rings is 1.